The van der Waals surface area contributed by atoms with Crippen LogP contribution < -0.4 is 25.4 Å². The second-order valence-electron chi connectivity index (χ2n) is 7.21. The standard InChI is InChI=1S/C24H22N4O5S/c29-21(26-12-16-5-2-1-3-6-16)13-27-23(31)18-7-4-10-25-24(18)34-14-22(30)28-17-8-9-19-20(11-17)33-15-32-19/h1-11H,12-15H2,(H,26,29)(H,27,31)(H,28,30). The van der Waals surface area contributed by atoms with E-state index in [2.05, 4.69) is 20.9 Å². The number of hydrogen-bond acceptors (Lipinski definition) is 7. The predicted octanol–water partition coefficient (Wildman–Crippen LogP) is 2.59. The molecule has 1 aromatic heterocycles. The van der Waals surface area contributed by atoms with Crippen molar-refractivity contribution in [3.05, 3.63) is 78.0 Å². The molecule has 2 heterocycles. The summed E-state index contributed by atoms with van der Waals surface area (Å²) in [4.78, 5) is 41.3. The summed E-state index contributed by atoms with van der Waals surface area (Å²) < 4.78 is 10.6. The number of nitrogens with one attached hydrogen (secondary N) is 3. The van der Waals surface area contributed by atoms with Gasteiger partial charge in [0.25, 0.3) is 5.91 Å². The number of anilines is 1. The van der Waals surface area contributed by atoms with E-state index < -0.39 is 5.91 Å². The minimum Gasteiger partial charge on any atom is -0.454 e. The number of thioether (sulfide) groups is 1. The first-order valence-electron chi connectivity index (χ1n) is 10.4. The number of fused-ring (bicyclic) bond motifs is 1. The number of carbonyl (C=O) groups excluding carboxylic acids is 3. The van der Waals surface area contributed by atoms with Gasteiger partial charge in [0.1, 0.15) is 5.03 Å². The molecule has 1 aliphatic heterocycles. The lowest BCUT2D eigenvalue weighted by Crippen LogP contribution is -2.36. The predicted molar refractivity (Wildman–Crippen MR) is 127 cm³/mol. The molecule has 0 aliphatic carbocycles. The molecule has 0 bridgehead atoms. The number of rotatable bonds is 9. The van der Waals surface area contributed by atoms with Crippen molar-refractivity contribution in [1.29, 1.82) is 0 Å². The van der Waals surface area contributed by atoms with Gasteiger partial charge in [-0.15, -0.1) is 0 Å². The monoisotopic (exact) mass is 478 g/mol. The van der Waals surface area contributed by atoms with Gasteiger partial charge in [-0.2, -0.15) is 0 Å². The van der Waals surface area contributed by atoms with Crippen molar-refractivity contribution in [3.8, 4) is 11.5 Å². The lowest BCUT2D eigenvalue weighted by atomic mass is 10.2. The van der Waals surface area contributed by atoms with Crippen LogP contribution in [0.15, 0.2) is 71.9 Å². The number of hydrogen-bond donors (Lipinski definition) is 3. The highest BCUT2D eigenvalue weighted by Crippen LogP contribution is 2.34. The Hall–Kier alpha value is -4.05. The van der Waals surface area contributed by atoms with Crippen molar-refractivity contribution in [2.24, 2.45) is 0 Å². The molecule has 9 nitrogen and oxygen atoms in total. The fourth-order valence-electron chi connectivity index (χ4n) is 3.10. The summed E-state index contributed by atoms with van der Waals surface area (Å²) in [6.07, 6.45) is 1.54. The third-order valence-electron chi connectivity index (χ3n) is 4.75. The van der Waals surface area contributed by atoms with Crippen molar-refractivity contribution in [3.63, 3.8) is 0 Å². The molecule has 3 N–H and O–H groups in total. The van der Waals surface area contributed by atoms with E-state index in [4.69, 9.17) is 9.47 Å². The molecule has 0 spiro atoms. The zero-order chi connectivity index (χ0) is 23.8. The SMILES string of the molecule is O=C(CNC(=O)c1cccnc1SCC(=O)Nc1ccc2c(c1)OCO2)NCc1ccccc1. The van der Waals surface area contributed by atoms with Crippen LogP contribution in [-0.2, 0) is 16.1 Å². The molecule has 1 aliphatic rings. The van der Waals surface area contributed by atoms with Crippen molar-refractivity contribution in [2.45, 2.75) is 11.6 Å². The van der Waals surface area contributed by atoms with Gasteiger partial charge >= 0.3 is 0 Å². The Morgan fingerprint density at radius 2 is 1.74 bits per heavy atom. The highest BCUT2D eigenvalue weighted by atomic mass is 32.2. The summed E-state index contributed by atoms with van der Waals surface area (Å²) in [5, 5.41) is 8.53. The molecule has 10 heteroatoms. The number of carbonyl (C=O) groups is 3. The fraction of sp³-hybridized carbons (Fsp3) is 0.167. The zero-order valence-corrected chi connectivity index (χ0v) is 18.9. The van der Waals surface area contributed by atoms with Crippen LogP contribution in [0.2, 0.25) is 0 Å². The van der Waals surface area contributed by atoms with Crippen molar-refractivity contribution in [1.82, 2.24) is 15.6 Å². The van der Waals surface area contributed by atoms with Crippen LogP contribution in [0.5, 0.6) is 11.5 Å². The smallest absolute Gasteiger partial charge is 0.254 e. The normalized spacial score (nSPS) is 11.5. The van der Waals surface area contributed by atoms with E-state index in [0.717, 1.165) is 17.3 Å². The first-order chi connectivity index (χ1) is 16.6. The van der Waals surface area contributed by atoms with E-state index in [0.29, 0.717) is 34.3 Å². The van der Waals surface area contributed by atoms with Gasteiger partial charge in [-0.1, -0.05) is 42.1 Å². The molecule has 0 radical (unpaired) electrons. The number of benzene rings is 2. The number of nitrogens with zero attached hydrogens (tertiary/aromatic N) is 1. The average molecular weight is 479 g/mol. The van der Waals surface area contributed by atoms with Gasteiger partial charge in [0, 0.05) is 24.5 Å². The summed E-state index contributed by atoms with van der Waals surface area (Å²) in [7, 11) is 0. The topological polar surface area (TPSA) is 119 Å². The molecule has 3 aromatic rings. The Morgan fingerprint density at radius 1 is 0.912 bits per heavy atom. The molecule has 0 saturated carbocycles. The molecule has 0 fully saturated rings. The van der Waals surface area contributed by atoms with Gasteiger partial charge in [0.05, 0.1) is 17.9 Å². The quantitative estimate of drug-likeness (QED) is 0.405. The van der Waals surface area contributed by atoms with Crippen LogP contribution in [0.25, 0.3) is 0 Å². The maximum atomic E-state index is 12.6. The van der Waals surface area contributed by atoms with Crippen LogP contribution >= 0.6 is 11.8 Å². The summed E-state index contributed by atoms with van der Waals surface area (Å²) in [6, 6.07) is 17.8. The van der Waals surface area contributed by atoms with E-state index in [1.54, 1.807) is 36.5 Å². The zero-order valence-electron chi connectivity index (χ0n) is 18.1. The Balaban J connectivity index is 1.26. The van der Waals surface area contributed by atoms with E-state index in [1.807, 2.05) is 30.3 Å². The molecule has 2 aromatic carbocycles. The van der Waals surface area contributed by atoms with Gasteiger partial charge in [0.2, 0.25) is 18.6 Å². The number of ether oxygens (including phenoxy) is 2. The third kappa shape index (κ3) is 6.26. The molecular weight excluding hydrogens is 456 g/mol. The Labute approximate surface area is 200 Å². The lowest BCUT2D eigenvalue weighted by molar-refractivity contribution is -0.120. The van der Waals surface area contributed by atoms with Gasteiger partial charge in [-0.25, -0.2) is 4.98 Å². The average Bonchev–Trinajstić information content (AvgIpc) is 3.33. The molecule has 34 heavy (non-hydrogen) atoms. The van der Waals surface area contributed by atoms with E-state index in [-0.39, 0.29) is 30.9 Å². The van der Waals surface area contributed by atoms with Gasteiger partial charge in [-0.3, -0.25) is 14.4 Å². The van der Waals surface area contributed by atoms with Crippen molar-refractivity contribution >= 4 is 35.2 Å². The molecule has 0 atom stereocenters. The maximum absolute atomic E-state index is 12.6. The van der Waals surface area contributed by atoms with Crippen LogP contribution in [0, 0.1) is 0 Å². The molecule has 174 valence electrons. The maximum Gasteiger partial charge on any atom is 0.254 e. The summed E-state index contributed by atoms with van der Waals surface area (Å²) >= 11 is 1.13. The van der Waals surface area contributed by atoms with E-state index in [1.165, 1.54) is 0 Å². The van der Waals surface area contributed by atoms with Gasteiger partial charge < -0.3 is 25.4 Å². The van der Waals surface area contributed by atoms with Gasteiger partial charge in [0.15, 0.2) is 11.5 Å². The highest BCUT2D eigenvalue weighted by Gasteiger charge is 2.17. The first-order valence-corrected chi connectivity index (χ1v) is 11.4. The van der Waals surface area contributed by atoms with Crippen molar-refractivity contribution in [2.75, 3.05) is 24.4 Å². The summed E-state index contributed by atoms with van der Waals surface area (Å²) in [6.45, 7) is 0.360. The first kappa shape index (κ1) is 23.1. The van der Waals surface area contributed by atoms with Crippen LogP contribution in [-0.4, -0.2) is 41.8 Å². The minimum atomic E-state index is -0.443. The Morgan fingerprint density at radius 3 is 2.59 bits per heavy atom. The Kier molecular flexibility index (Phi) is 7.61. The molecular formula is C24H22N4O5S. The molecule has 0 saturated heterocycles. The van der Waals surface area contributed by atoms with E-state index in [9.17, 15) is 14.4 Å². The number of aromatic nitrogens is 1. The van der Waals surface area contributed by atoms with Crippen LogP contribution in [0.3, 0.4) is 0 Å². The van der Waals surface area contributed by atoms with E-state index >= 15 is 0 Å². The Bertz CT molecular complexity index is 1190. The number of amides is 3. The third-order valence-corrected chi connectivity index (χ3v) is 5.76. The van der Waals surface area contributed by atoms with Gasteiger partial charge in [-0.05, 0) is 29.8 Å². The summed E-state index contributed by atoms with van der Waals surface area (Å²) in [5.41, 5.74) is 1.83. The molecule has 3 amide bonds. The minimum absolute atomic E-state index is 0.0449. The fourth-order valence-corrected chi connectivity index (χ4v) is 3.89. The van der Waals surface area contributed by atoms with Crippen molar-refractivity contribution < 1.29 is 23.9 Å². The van der Waals surface area contributed by atoms with Crippen LogP contribution in [0.4, 0.5) is 5.69 Å². The highest BCUT2D eigenvalue weighted by molar-refractivity contribution is 8.00. The molecule has 4 rings (SSSR count). The lowest BCUT2D eigenvalue weighted by Gasteiger charge is -2.10. The second-order valence-corrected chi connectivity index (χ2v) is 8.17. The summed E-state index contributed by atoms with van der Waals surface area (Å²) in [5.74, 6) is 0.233. The second kappa shape index (κ2) is 11.2. The largest absolute Gasteiger partial charge is 0.454 e. The van der Waals surface area contributed by atoms with Crippen LogP contribution in [0.1, 0.15) is 15.9 Å². The molecule has 0 unspecified atom stereocenters. The number of pyridine rings is 1.